The van der Waals surface area contributed by atoms with Crippen molar-refractivity contribution >= 4 is 29.2 Å². The third-order valence-corrected chi connectivity index (χ3v) is 5.11. The highest BCUT2D eigenvalue weighted by Gasteiger charge is 2.21. The number of aromatic nitrogens is 3. The first-order valence-corrected chi connectivity index (χ1v) is 10.2. The molecule has 8 heteroatoms. The number of hydrogen-bond donors (Lipinski definition) is 1. The molecule has 0 saturated heterocycles. The molecule has 0 bridgehead atoms. The first-order chi connectivity index (χ1) is 15.5. The molecule has 0 radical (unpaired) electrons. The number of rotatable bonds is 6. The van der Waals surface area contributed by atoms with Crippen molar-refractivity contribution in [2.24, 2.45) is 0 Å². The molecule has 0 atom stereocenters. The van der Waals surface area contributed by atoms with Crippen LogP contribution in [0.5, 0.6) is 0 Å². The van der Waals surface area contributed by atoms with Crippen LogP contribution in [0.4, 0.5) is 5.69 Å². The second-order valence-corrected chi connectivity index (χ2v) is 7.32. The Morgan fingerprint density at radius 2 is 1.66 bits per heavy atom. The molecule has 0 aliphatic heterocycles. The Bertz CT molecular complexity index is 1200. The van der Waals surface area contributed by atoms with Crippen molar-refractivity contribution in [1.29, 1.82) is 0 Å². The maximum absolute atomic E-state index is 12.6. The number of carbonyl (C=O) groups is 2. The Labute approximate surface area is 189 Å². The van der Waals surface area contributed by atoms with Crippen LogP contribution in [0.3, 0.4) is 0 Å². The van der Waals surface area contributed by atoms with Gasteiger partial charge in [0.15, 0.2) is 12.4 Å². The van der Waals surface area contributed by atoms with Crippen LogP contribution in [0, 0.1) is 6.92 Å². The summed E-state index contributed by atoms with van der Waals surface area (Å²) in [6, 6.07) is 23.9. The van der Waals surface area contributed by atoms with Crippen LogP contribution >= 0.6 is 11.6 Å². The summed E-state index contributed by atoms with van der Waals surface area (Å²) in [5.74, 6) is -0.938. The van der Waals surface area contributed by atoms with Gasteiger partial charge in [0.05, 0.1) is 5.69 Å². The van der Waals surface area contributed by atoms with Crippen molar-refractivity contribution in [2.75, 3.05) is 11.9 Å². The van der Waals surface area contributed by atoms with Gasteiger partial charge < -0.3 is 10.1 Å². The molecule has 7 nitrogen and oxygen atoms in total. The van der Waals surface area contributed by atoms with Gasteiger partial charge in [-0.15, -0.1) is 5.10 Å². The predicted octanol–water partition coefficient (Wildman–Crippen LogP) is 4.69. The Morgan fingerprint density at radius 1 is 0.969 bits per heavy atom. The lowest BCUT2D eigenvalue weighted by Gasteiger charge is -2.09. The average molecular weight is 447 g/mol. The predicted molar refractivity (Wildman–Crippen MR) is 122 cm³/mol. The summed E-state index contributed by atoms with van der Waals surface area (Å²) in [7, 11) is 0. The monoisotopic (exact) mass is 446 g/mol. The van der Waals surface area contributed by atoms with Gasteiger partial charge in [-0.1, -0.05) is 66.2 Å². The molecule has 3 aromatic carbocycles. The third kappa shape index (κ3) is 4.68. The molecular weight excluding hydrogens is 428 g/mol. The van der Waals surface area contributed by atoms with Crippen LogP contribution in [0.2, 0.25) is 5.02 Å². The van der Waals surface area contributed by atoms with Crippen LogP contribution in [0.1, 0.15) is 16.2 Å². The van der Waals surface area contributed by atoms with E-state index < -0.39 is 18.5 Å². The third-order valence-electron chi connectivity index (χ3n) is 4.70. The number of amides is 1. The molecule has 160 valence electrons. The first-order valence-electron chi connectivity index (χ1n) is 9.83. The van der Waals surface area contributed by atoms with Crippen molar-refractivity contribution in [3.8, 4) is 17.1 Å². The fraction of sp³-hybridized carbons (Fsp3) is 0.0833. The highest BCUT2D eigenvalue weighted by Crippen LogP contribution is 2.23. The zero-order valence-corrected chi connectivity index (χ0v) is 17.9. The molecule has 1 amide bonds. The lowest BCUT2D eigenvalue weighted by atomic mass is 10.2. The molecule has 0 saturated carbocycles. The summed E-state index contributed by atoms with van der Waals surface area (Å²) in [4.78, 5) is 29.2. The molecule has 0 aliphatic rings. The van der Waals surface area contributed by atoms with Crippen molar-refractivity contribution < 1.29 is 14.3 Å². The zero-order chi connectivity index (χ0) is 22.5. The molecule has 1 aromatic heterocycles. The smallest absolute Gasteiger partial charge is 0.378 e. The quantitative estimate of drug-likeness (QED) is 0.434. The SMILES string of the molecule is Cc1c(Cl)cccc1NC(=O)COC(=O)c1nc(-c2ccccc2)n(-c2ccccc2)n1. The van der Waals surface area contributed by atoms with Crippen molar-refractivity contribution in [3.63, 3.8) is 0 Å². The summed E-state index contributed by atoms with van der Waals surface area (Å²) in [6.07, 6.45) is 0. The van der Waals surface area contributed by atoms with E-state index in [-0.39, 0.29) is 5.82 Å². The Hall–Kier alpha value is -3.97. The van der Waals surface area contributed by atoms with Crippen LogP contribution in [-0.2, 0) is 9.53 Å². The fourth-order valence-corrected chi connectivity index (χ4v) is 3.22. The second-order valence-electron chi connectivity index (χ2n) is 6.91. The first kappa shape index (κ1) is 21.3. The van der Waals surface area contributed by atoms with Gasteiger partial charge in [-0.2, -0.15) is 0 Å². The Morgan fingerprint density at radius 3 is 2.38 bits per heavy atom. The number of benzene rings is 3. The van der Waals surface area contributed by atoms with E-state index in [0.29, 0.717) is 16.5 Å². The van der Waals surface area contributed by atoms with E-state index in [9.17, 15) is 9.59 Å². The number of esters is 1. The minimum atomic E-state index is -0.796. The van der Waals surface area contributed by atoms with Crippen LogP contribution in [-0.4, -0.2) is 33.2 Å². The van der Waals surface area contributed by atoms with E-state index in [4.69, 9.17) is 16.3 Å². The van der Waals surface area contributed by atoms with Gasteiger partial charge in [0.25, 0.3) is 11.7 Å². The van der Waals surface area contributed by atoms with Crippen LogP contribution < -0.4 is 5.32 Å². The lowest BCUT2D eigenvalue weighted by Crippen LogP contribution is -2.22. The molecule has 32 heavy (non-hydrogen) atoms. The maximum Gasteiger partial charge on any atom is 0.378 e. The lowest BCUT2D eigenvalue weighted by molar-refractivity contribution is -0.119. The van der Waals surface area contributed by atoms with E-state index in [1.165, 1.54) is 0 Å². The van der Waals surface area contributed by atoms with Crippen LogP contribution in [0.15, 0.2) is 78.9 Å². The van der Waals surface area contributed by atoms with Gasteiger partial charge in [-0.05, 0) is 36.8 Å². The Kier molecular flexibility index (Phi) is 6.28. The zero-order valence-electron chi connectivity index (χ0n) is 17.2. The van der Waals surface area contributed by atoms with E-state index in [0.717, 1.165) is 16.8 Å². The van der Waals surface area contributed by atoms with Gasteiger partial charge in [0, 0.05) is 16.3 Å². The number of hydrogen-bond acceptors (Lipinski definition) is 5. The summed E-state index contributed by atoms with van der Waals surface area (Å²) in [5, 5.41) is 7.54. The van der Waals surface area contributed by atoms with Gasteiger partial charge in [0.1, 0.15) is 0 Å². The molecule has 1 N–H and O–H groups in total. The Balaban J connectivity index is 1.52. The number of anilines is 1. The average Bonchev–Trinajstić information content (AvgIpc) is 3.27. The van der Waals surface area contributed by atoms with E-state index in [2.05, 4.69) is 15.4 Å². The minimum absolute atomic E-state index is 0.139. The van der Waals surface area contributed by atoms with Crippen molar-refractivity contribution in [3.05, 3.63) is 95.3 Å². The van der Waals surface area contributed by atoms with Gasteiger partial charge in [-0.3, -0.25) is 4.79 Å². The number of carbonyl (C=O) groups excluding carboxylic acids is 2. The molecule has 0 spiro atoms. The normalized spacial score (nSPS) is 10.6. The molecule has 0 aliphatic carbocycles. The molecule has 1 heterocycles. The summed E-state index contributed by atoms with van der Waals surface area (Å²) in [6.45, 7) is 1.31. The number of nitrogens with one attached hydrogen (secondary N) is 1. The largest absolute Gasteiger partial charge is 0.450 e. The van der Waals surface area contributed by atoms with Gasteiger partial charge >= 0.3 is 5.97 Å². The minimum Gasteiger partial charge on any atom is -0.450 e. The number of nitrogens with zero attached hydrogens (tertiary/aromatic N) is 3. The summed E-state index contributed by atoms with van der Waals surface area (Å²) < 4.78 is 6.72. The van der Waals surface area contributed by atoms with Gasteiger partial charge in [0.2, 0.25) is 0 Å². The van der Waals surface area contributed by atoms with Crippen molar-refractivity contribution in [2.45, 2.75) is 6.92 Å². The highest BCUT2D eigenvalue weighted by atomic mass is 35.5. The summed E-state index contributed by atoms with van der Waals surface area (Å²) >= 11 is 6.07. The molecular formula is C24H19ClN4O3. The standard InChI is InChI=1S/C24H19ClN4O3/c1-16-19(25)13-8-14-20(16)26-21(30)15-32-24(31)22-27-23(17-9-4-2-5-10-17)29(28-22)18-11-6-3-7-12-18/h2-14H,15H2,1H3,(H,26,30). The molecule has 0 fully saturated rings. The number of ether oxygens (including phenoxy) is 1. The fourth-order valence-electron chi connectivity index (χ4n) is 3.05. The van der Waals surface area contributed by atoms with E-state index in [1.54, 1.807) is 29.8 Å². The molecule has 4 rings (SSSR count). The maximum atomic E-state index is 12.6. The van der Waals surface area contributed by atoms with Crippen molar-refractivity contribution in [1.82, 2.24) is 14.8 Å². The van der Waals surface area contributed by atoms with Gasteiger partial charge in [-0.25, -0.2) is 14.5 Å². The number of para-hydroxylation sites is 1. The van der Waals surface area contributed by atoms with E-state index in [1.807, 2.05) is 60.7 Å². The summed E-state index contributed by atoms with van der Waals surface area (Å²) in [5.41, 5.74) is 2.81. The second kappa shape index (κ2) is 9.45. The topological polar surface area (TPSA) is 86.1 Å². The highest BCUT2D eigenvalue weighted by molar-refractivity contribution is 6.31. The van der Waals surface area contributed by atoms with Crippen LogP contribution in [0.25, 0.3) is 17.1 Å². The molecule has 0 unspecified atom stereocenters. The van der Waals surface area contributed by atoms with E-state index >= 15 is 0 Å². The number of halogens is 1. The molecule has 4 aromatic rings.